The number of piperidine rings is 1. The quantitative estimate of drug-likeness (QED) is 0.681. The van der Waals surface area contributed by atoms with Crippen molar-refractivity contribution < 1.29 is 14.3 Å². The number of carbonyl (C=O) groups excluding carboxylic acids is 1. The fraction of sp³-hybridized carbons (Fsp3) is 0.933. The third kappa shape index (κ3) is 5.04. The summed E-state index contributed by atoms with van der Waals surface area (Å²) in [6, 6.07) is 0. The van der Waals surface area contributed by atoms with Crippen molar-refractivity contribution in [3.05, 3.63) is 0 Å². The van der Waals surface area contributed by atoms with Crippen molar-refractivity contribution in [2.75, 3.05) is 47.0 Å². The first-order valence-electron chi connectivity index (χ1n) is 7.60. The summed E-state index contributed by atoms with van der Waals surface area (Å²) in [6.45, 7) is 8.46. The maximum Gasteiger partial charge on any atom is 0.327 e. The summed E-state index contributed by atoms with van der Waals surface area (Å²) in [4.78, 5) is 14.4. The predicted molar refractivity (Wildman–Crippen MR) is 79.8 cm³/mol. The van der Waals surface area contributed by atoms with Crippen LogP contribution in [0.2, 0.25) is 0 Å². The van der Waals surface area contributed by atoms with Gasteiger partial charge >= 0.3 is 5.97 Å². The second-order valence-corrected chi connectivity index (χ2v) is 5.93. The van der Waals surface area contributed by atoms with Gasteiger partial charge in [-0.3, -0.25) is 4.79 Å². The van der Waals surface area contributed by atoms with Crippen LogP contribution in [0.15, 0.2) is 0 Å². The maximum absolute atomic E-state index is 12.0. The van der Waals surface area contributed by atoms with Gasteiger partial charge in [0.2, 0.25) is 0 Å². The van der Waals surface area contributed by atoms with Crippen LogP contribution in [-0.2, 0) is 14.3 Å². The smallest absolute Gasteiger partial charge is 0.327 e. The molecule has 0 aromatic heterocycles. The molecule has 0 aromatic carbocycles. The number of methoxy groups -OCH3 is 2. The Kier molecular flexibility index (Phi) is 7.48. The van der Waals surface area contributed by atoms with Crippen LogP contribution >= 0.6 is 0 Å². The Balaban J connectivity index is 2.51. The van der Waals surface area contributed by atoms with Crippen molar-refractivity contribution in [1.82, 2.24) is 10.2 Å². The summed E-state index contributed by atoms with van der Waals surface area (Å²) in [5, 5.41) is 3.34. The summed E-state index contributed by atoms with van der Waals surface area (Å²) in [6.07, 6.45) is 3.28. The number of esters is 1. The molecule has 0 bridgehead atoms. The van der Waals surface area contributed by atoms with Crippen molar-refractivity contribution in [2.24, 2.45) is 5.92 Å². The Labute approximate surface area is 123 Å². The van der Waals surface area contributed by atoms with Gasteiger partial charge in [0.15, 0.2) is 0 Å². The molecule has 1 saturated heterocycles. The molecule has 1 N–H and O–H groups in total. The molecule has 1 rings (SSSR count). The Morgan fingerprint density at radius 3 is 2.50 bits per heavy atom. The summed E-state index contributed by atoms with van der Waals surface area (Å²) >= 11 is 0. The van der Waals surface area contributed by atoms with Gasteiger partial charge in [-0.25, -0.2) is 0 Å². The van der Waals surface area contributed by atoms with E-state index >= 15 is 0 Å². The van der Waals surface area contributed by atoms with Gasteiger partial charge in [0.1, 0.15) is 5.54 Å². The van der Waals surface area contributed by atoms with E-state index < -0.39 is 5.54 Å². The zero-order chi connectivity index (χ0) is 15.0. The van der Waals surface area contributed by atoms with Gasteiger partial charge in [-0.1, -0.05) is 6.92 Å². The zero-order valence-electron chi connectivity index (χ0n) is 13.4. The molecule has 1 fully saturated rings. The molecule has 1 unspecified atom stereocenters. The maximum atomic E-state index is 12.0. The molecule has 0 aromatic rings. The van der Waals surface area contributed by atoms with Crippen LogP contribution in [0.4, 0.5) is 0 Å². The van der Waals surface area contributed by atoms with E-state index in [1.807, 2.05) is 6.92 Å². The summed E-state index contributed by atoms with van der Waals surface area (Å²) in [5.74, 6) is 0.481. The van der Waals surface area contributed by atoms with Crippen molar-refractivity contribution in [3.8, 4) is 0 Å². The minimum absolute atomic E-state index is 0.176. The van der Waals surface area contributed by atoms with Crippen LogP contribution in [0, 0.1) is 5.92 Å². The third-order valence-electron chi connectivity index (χ3n) is 4.05. The highest BCUT2D eigenvalue weighted by Gasteiger charge is 2.36. The molecule has 0 amide bonds. The van der Waals surface area contributed by atoms with Crippen LogP contribution in [0.3, 0.4) is 0 Å². The molecule has 0 saturated carbocycles. The van der Waals surface area contributed by atoms with Crippen molar-refractivity contribution in [1.29, 1.82) is 0 Å². The van der Waals surface area contributed by atoms with Gasteiger partial charge in [-0.05, 0) is 51.7 Å². The van der Waals surface area contributed by atoms with Crippen LogP contribution in [-0.4, -0.2) is 63.4 Å². The van der Waals surface area contributed by atoms with E-state index in [0.29, 0.717) is 12.5 Å². The number of rotatable bonds is 8. The van der Waals surface area contributed by atoms with Gasteiger partial charge in [0.05, 0.1) is 7.11 Å². The fourth-order valence-electron chi connectivity index (χ4n) is 2.81. The minimum atomic E-state index is -0.612. The van der Waals surface area contributed by atoms with Crippen LogP contribution < -0.4 is 5.32 Å². The Bertz CT molecular complexity index is 291. The molecule has 0 aliphatic carbocycles. The van der Waals surface area contributed by atoms with E-state index in [1.165, 1.54) is 7.11 Å². The van der Waals surface area contributed by atoms with E-state index in [1.54, 1.807) is 7.11 Å². The lowest BCUT2D eigenvalue weighted by Gasteiger charge is -2.38. The molecule has 20 heavy (non-hydrogen) atoms. The molecule has 5 nitrogen and oxygen atoms in total. The van der Waals surface area contributed by atoms with Crippen LogP contribution in [0.5, 0.6) is 0 Å². The Morgan fingerprint density at radius 1 is 1.35 bits per heavy atom. The average molecular weight is 286 g/mol. The lowest BCUT2D eigenvalue weighted by atomic mass is 9.95. The number of nitrogens with one attached hydrogen (secondary N) is 1. The molecule has 0 spiro atoms. The van der Waals surface area contributed by atoms with Gasteiger partial charge in [0.25, 0.3) is 0 Å². The summed E-state index contributed by atoms with van der Waals surface area (Å²) in [5.41, 5.74) is -0.612. The minimum Gasteiger partial charge on any atom is -0.468 e. The highest BCUT2D eigenvalue weighted by Crippen LogP contribution is 2.20. The number of hydrogen-bond acceptors (Lipinski definition) is 5. The molecule has 1 aliphatic rings. The molecular weight excluding hydrogens is 256 g/mol. The SMILES string of the molecule is CCCNC(C)(CN1CCC(COC)CC1)C(=O)OC. The first-order valence-corrected chi connectivity index (χ1v) is 7.60. The van der Waals surface area contributed by atoms with Gasteiger partial charge in [-0.2, -0.15) is 0 Å². The molecule has 1 heterocycles. The summed E-state index contributed by atoms with van der Waals surface area (Å²) < 4.78 is 10.2. The normalized spacial score (nSPS) is 20.6. The van der Waals surface area contributed by atoms with Crippen LogP contribution in [0.25, 0.3) is 0 Å². The monoisotopic (exact) mass is 286 g/mol. The largest absolute Gasteiger partial charge is 0.468 e. The molecule has 1 aliphatic heterocycles. The second-order valence-electron chi connectivity index (χ2n) is 5.93. The average Bonchev–Trinajstić information content (AvgIpc) is 2.46. The molecule has 0 radical (unpaired) electrons. The number of nitrogens with zero attached hydrogens (tertiary/aromatic N) is 1. The van der Waals surface area contributed by atoms with E-state index in [0.717, 1.165) is 45.5 Å². The number of carbonyl (C=O) groups is 1. The van der Waals surface area contributed by atoms with Gasteiger partial charge in [0, 0.05) is 20.3 Å². The fourth-order valence-corrected chi connectivity index (χ4v) is 2.81. The summed E-state index contributed by atoms with van der Waals surface area (Å²) in [7, 11) is 3.22. The zero-order valence-corrected chi connectivity index (χ0v) is 13.4. The second kappa shape index (κ2) is 8.60. The number of likely N-dealkylation sites (tertiary alicyclic amines) is 1. The number of hydrogen-bond donors (Lipinski definition) is 1. The molecule has 118 valence electrons. The van der Waals surface area contributed by atoms with Crippen molar-refractivity contribution in [3.63, 3.8) is 0 Å². The number of ether oxygens (including phenoxy) is 2. The predicted octanol–water partition coefficient (Wildman–Crippen LogP) is 1.28. The van der Waals surface area contributed by atoms with E-state index in [9.17, 15) is 4.79 Å². The highest BCUT2D eigenvalue weighted by molar-refractivity contribution is 5.80. The molecule has 5 heteroatoms. The van der Waals surface area contributed by atoms with Gasteiger partial charge < -0.3 is 19.7 Å². The topological polar surface area (TPSA) is 50.8 Å². The van der Waals surface area contributed by atoms with Crippen molar-refractivity contribution in [2.45, 2.75) is 38.6 Å². The highest BCUT2D eigenvalue weighted by atomic mass is 16.5. The van der Waals surface area contributed by atoms with E-state index in [4.69, 9.17) is 9.47 Å². The first-order chi connectivity index (χ1) is 9.55. The first kappa shape index (κ1) is 17.4. The van der Waals surface area contributed by atoms with E-state index in [2.05, 4.69) is 17.1 Å². The lowest BCUT2D eigenvalue weighted by Crippen LogP contribution is -2.58. The molecule has 1 atom stereocenters. The Hall–Kier alpha value is -0.650. The lowest BCUT2D eigenvalue weighted by molar-refractivity contribution is -0.149. The standard InChI is InChI=1S/C15H30N2O3/c1-5-8-16-15(2,14(18)20-4)12-17-9-6-13(7-10-17)11-19-3/h13,16H,5-12H2,1-4H3. The molecular formula is C15H30N2O3. The Morgan fingerprint density at radius 2 is 2.00 bits per heavy atom. The van der Waals surface area contributed by atoms with E-state index in [-0.39, 0.29) is 5.97 Å². The van der Waals surface area contributed by atoms with Crippen LogP contribution in [0.1, 0.15) is 33.1 Å². The third-order valence-corrected chi connectivity index (χ3v) is 4.05. The van der Waals surface area contributed by atoms with Crippen molar-refractivity contribution >= 4 is 5.97 Å². The van der Waals surface area contributed by atoms with Gasteiger partial charge in [-0.15, -0.1) is 0 Å².